The van der Waals surface area contributed by atoms with Crippen molar-refractivity contribution in [3.63, 3.8) is 0 Å². The number of aryl methyl sites for hydroxylation is 1. The SMILES string of the molecule is CCC(CN)C(NC)c1ccc(OC)c(C)c1. The van der Waals surface area contributed by atoms with Gasteiger partial charge in [0.1, 0.15) is 5.75 Å². The van der Waals surface area contributed by atoms with Crippen LogP contribution in [0.2, 0.25) is 0 Å². The molecule has 1 rings (SSSR count). The van der Waals surface area contributed by atoms with E-state index in [4.69, 9.17) is 10.5 Å². The smallest absolute Gasteiger partial charge is 0.121 e. The second-order valence-corrected chi connectivity index (χ2v) is 4.40. The predicted octanol–water partition coefficient (Wildman–Crippen LogP) is 2.25. The Morgan fingerprint density at radius 2 is 2.12 bits per heavy atom. The van der Waals surface area contributed by atoms with Crippen molar-refractivity contribution >= 4 is 0 Å². The van der Waals surface area contributed by atoms with Crippen molar-refractivity contribution in [2.24, 2.45) is 11.7 Å². The molecule has 17 heavy (non-hydrogen) atoms. The van der Waals surface area contributed by atoms with Crippen molar-refractivity contribution < 1.29 is 4.74 Å². The van der Waals surface area contributed by atoms with Crippen molar-refractivity contribution in [3.05, 3.63) is 29.3 Å². The molecule has 0 radical (unpaired) electrons. The monoisotopic (exact) mass is 236 g/mol. The lowest BCUT2D eigenvalue weighted by Crippen LogP contribution is -2.30. The molecule has 0 saturated carbocycles. The Hall–Kier alpha value is -1.06. The highest BCUT2D eigenvalue weighted by Crippen LogP contribution is 2.27. The molecule has 0 saturated heterocycles. The average Bonchev–Trinajstić information content (AvgIpc) is 2.35. The van der Waals surface area contributed by atoms with E-state index in [2.05, 4.69) is 31.3 Å². The number of nitrogens with one attached hydrogen (secondary N) is 1. The standard InChI is InChI=1S/C14H24N2O/c1-5-11(9-15)14(16-3)12-6-7-13(17-4)10(2)8-12/h6-8,11,14,16H,5,9,15H2,1-4H3. The minimum absolute atomic E-state index is 0.314. The number of benzene rings is 1. The largest absolute Gasteiger partial charge is 0.496 e. The molecule has 96 valence electrons. The maximum atomic E-state index is 5.83. The van der Waals surface area contributed by atoms with E-state index in [1.54, 1.807) is 7.11 Å². The average molecular weight is 236 g/mol. The number of hydrogen-bond donors (Lipinski definition) is 2. The Morgan fingerprint density at radius 1 is 1.41 bits per heavy atom. The van der Waals surface area contributed by atoms with Gasteiger partial charge in [-0.05, 0) is 43.6 Å². The van der Waals surface area contributed by atoms with E-state index in [1.807, 2.05) is 13.1 Å². The van der Waals surface area contributed by atoms with Crippen LogP contribution in [0.1, 0.15) is 30.5 Å². The van der Waals surface area contributed by atoms with E-state index < -0.39 is 0 Å². The highest BCUT2D eigenvalue weighted by molar-refractivity contribution is 5.37. The summed E-state index contributed by atoms with van der Waals surface area (Å²) in [5.74, 6) is 1.40. The van der Waals surface area contributed by atoms with Gasteiger partial charge in [0.05, 0.1) is 7.11 Å². The van der Waals surface area contributed by atoms with E-state index in [9.17, 15) is 0 Å². The van der Waals surface area contributed by atoms with E-state index in [0.29, 0.717) is 18.5 Å². The summed E-state index contributed by atoms with van der Waals surface area (Å²) in [5, 5.41) is 3.36. The van der Waals surface area contributed by atoms with Crippen molar-refractivity contribution in [2.75, 3.05) is 20.7 Å². The first-order chi connectivity index (χ1) is 8.17. The molecule has 0 aliphatic carbocycles. The van der Waals surface area contributed by atoms with Crippen LogP contribution >= 0.6 is 0 Å². The van der Waals surface area contributed by atoms with Gasteiger partial charge < -0.3 is 15.8 Å². The lowest BCUT2D eigenvalue weighted by atomic mass is 9.90. The summed E-state index contributed by atoms with van der Waals surface area (Å²) in [7, 11) is 3.69. The predicted molar refractivity (Wildman–Crippen MR) is 72.4 cm³/mol. The van der Waals surface area contributed by atoms with Crippen LogP contribution in [-0.4, -0.2) is 20.7 Å². The van der Waals surface area contributed by atoms with Gasteiger partial charge in [0.15, 0.2) is 0 Å². The van der Waals surface area contributed by atoms with Crippen LogP contribution in [0.5, 0.6) is 5.75 Å². The van der Waals surface area contributed by atoms with Gasteiger partial charge in [-0.3, -0.25) is 0 Å². The maximum Gasteiger partial charge on any atom is 0.121 e. The van der Waals surface area contributed by atoms with Gasteiger partial charge in [0.2, 0.25) is 0 Å². The van der Waals surface area contributed by atoms with E-state index >= 15 is 0 Å². The minimum atomic E-state index is 0.314. The molecule has 0 bridgehead atoms. The highest BCUT2D eigenvalue weighted by atomic mass is 16.5. The minimum Gasteiger partial charge on any atom is -0.496 e. The molecule has 3 N–H and O–H groups in total. The quantitative estimate of drug-likeness (QED) is 0.796. The zero-order chi connectivity index (χ0) is 12.8. The second-order valence-electron chi connectivity index (χ2n) is 4.40. The summed E-state index contributed by atoms with van der Waals surface area (Å²) in [4.78, 5) is 0. The molecule has 2 unspecified atom stereocenters. The Bertz CT molecular complexity index is 348. The number of methoxy groups -OCH3 is 1. The highest BCUT2D eigenvalue weighted by Gasteiger charge is 2.19. The third-order valence-corrected chi connectivity index (χ3v) is 3.39. The van der Waals surface area contributed by atoms with Gasteiger partial charge in [-0.25, -0.2) is 0 Å². The lowest BCUT2D eigenvalue weighted by Gasteiger charge is -2.25. The molecule has 1 aromatic carbocycles. The molecule has 0 aromatic heterocycles. The Kier molecular flexibility index (Phi) is 5.45. The molecular formula is C14H24N2O. The van der Waals surface area contributed by atoms with Crippen molar-refractivity contribution in [1.82, 2.24) is 5.32 Å². The zero-order valence-electron chi connectivity index (χ0n) is 11.3. The van der Waals surface area contributed by atoms with Crippen LogP contribution in [0.15, 0.2) is 18.2 Å². The first kappa shape index (κ1) is 14.0. The number of rotatable bonds is 6. The number of nitrogens with two attached hydrogens (primary N) is 1. The fourth-order valence-corrected chi connectivity index (χ4v) is 2.31. The van der Waals surface area contributed by atoms with Gasteiger partial charge in [-0.15, -0.1) is 0 Å². The van der Waals surface area contributed by atoms with Crippen LogP contribution in [0, 0.1) is 12.8 Å². The molecule has 1 aromatic rings. The van der Waals surface area contributed by atoms with Gasteiger partial charge in [0, 0.05) is 6.04 Å². The topological polar surface area (TPSA) is 47.3 Å². The molecule has 0 aliphatic rings. The van der Waals surface area contributed by atoms with Crippen LogP contribution in [0.4, 0.5) is 0 Å². The molecule has 3 heteroatoms. The lowest BCUT2D eigenvalue weighted by molar-refractivity contribution is 0.376. The Labute approximate surface area is 104 Å². The van der Waals surface area contributed by atoms with Crippen LogP contribution in [0.25, 0.3) is 0 Å². The fourth-order valence-electron chi connectivity index (χ4n) is 2.31. The van der Waals surface area contributed by atoms with E-state index in [1.165, 1.54) is 5.56 Å². The first-order valence-corrected chi connectivity index (χ1v) is 6.19. The van der Waals surface area contributed by atoms with Crippen LogP contribution in [0.3, 0.4) is 0 Å². The summed E-state index contributed by atoms with van der Waals surface area (Å²) in [6.45, 7) is 4.95. The van der Waals surface area contributed by atoms with Gasteiger partial charge in [-0.2, -0.15) is 0 Å². The Morgan fingerprint density at radius 3 is 2.53 bits per heavy atom. The fraction of sp³-hybridized carbons (Fsp3) is 0.571. The normalized spacial score (nSPS) is 14.4. The number of hydrogen-bond acceptors (Lipinski definition) is 3. The van der Waals surface area contributed by atoms with Gasteiger partial charge in [-0.1, -0.05) is 25.5 Å². The Balaban J connectivity index is 3.00. The van der Waals surface area contributed by atoms with Crippen molar-refractivity contribution in [2.45, 2.75) is 26.3 Å². The number of ether oxygens (including phenoxy) is 1. The molecule has 3 nitrogen and oxygen atoms in total. The van der Waals surface area contributed by atoms with E-state index in [0.717, 1.165) is 17.7 Å². The molecule has 0 heterocycles. The summed E-state index contributed by atoms with van der Waals surface area (Å²) in [5.41, 5.74) is 8.27. The third kappa shape index (κ3) is 3.20. The van der Waals surface area contributed by atoms with Crippen LogP contribution in [-0.2, 0) is 0 Å². The summed E-state index contributed by atoms with van der Waals surface area (Å²) < 4.78 is 5.28. The van der Waals surface area contributed by atoms with Crippen LogP contribution < -0.4 is 15.8 Å². The third-order valence-electron chi connectivity index (χ3n) is 3.39. The summed E-state index contributed by atoms with van der Waals surface area (Å²) >= 11 is 0. The molecule has 2 atom stereocenters. The summed E-state index contributed by atoms with van der Waals surface area (Å²) in [6, 6.07) is 6.64. The van der Waals surface area contributed by atoms with Gasteiger partial charge in [0.25, 0.3) is 0 Å². The van der Waals surface area contributed by atoms with Crippen molar-refractivity contribution in [3.8, 4) is 5.75 Å². The molecular weight excluding hydrogens is 212 g/mol. The second kappa shape index (κ2) is 6.62. The molecule has 0 aliphatic heterocycles. The first-order valence-electron chi connectivity index (χ1n) is 6.19. The zero-order valence-corrected chi connectivity index (χ0v) is 11.3. The molecule has 0 spiro atoms. The maximum absolute atomic E-state index is 5.83. The van der Waals surface area contributed by atoms with E-state index in [-0.39, 0.29) is 0 Å². The molecule has 0 amide bonds. The summed E-state index contributed by atoms with van der Waals surface area (Å²) in [6.07, 6.45) is 1.08. The molecule has 0 fully saturated rings. The van der Waals surface area contributed by atoms with Gasteiger partial charge >= 0.3 is 0 Å². The van der Waals surface area contributed by atoms with Crippen molar-refractivity contribution in [1.29, 1.82) is 0 Å².